The average molecular weight is 238 g/mol. The molecule has 1 aliphatic rings. The first-order chi connectivity index (χ1) is 7.81. The molecule has 1 fully saturated rings. The number of hydrogen-bond donors (Lipinski definition) is 3. The third-order valence-corrected chi connectivity index (χ3v) is 4.06. The van der Waals surface area contributed by atoms with Crippen molar-refractivity contribution < 1.29 is 0 Å². The summed E-state index contributed by atoms with van der Waals surface area (Å²) in [4.78, 5) is 4.35. The SMILES string of the molecule is CSC1CCC(Nc2cccc(NN)n2)C1. The number of nitrogen functional groups attached to an aromatic ring is 1. The molecule has 1 aromatic rings. The highest BCUT2D eigenvalue weighted by molar-refractivity contribution is 7.99. The lowest BCUT2D eigenvalue weighted by molar-refractivity contribution is 0.752. The van der Waals surface area contributed by atoms with E-state index in [0.717, 1.165) is 11.1 Å². The zero-order valence-electron chi connectivity index (χ0n) is 9.44. The van der Waals surface area contributed by atoms with Gasteiger partial charge >= 0.3 is 0 Å². The summed E-state index contributed by atoms with van der Waals surface area (Å²) in [7, 11) is 0. The summed E-state index contributed by atoms with van der Waals surface area (Å²) < 4.78 is 0. The molecule has 2 unspecified atom stereocenters. The number of hydrazine groups is 1. The molecule has 4 N–H and O–H groups in total. The lowest BCUT2D eigenvalue weighted by atomic mass is 10.2. The Labute approximate surface area is 100 Å². The van der Waals surface area contributed by atoms with Crippen molar-refractivity contribution in [3.05, 3.63) is 18.2 Å². The minimum atomic E-state index is 0.554. The van der Waals surface area contributed by atoms with E-state index < -0.39 is 0 Å². The third kappa shape index (κ3) is 2.80. The highest BCUT2D eigenvalue weighted by Crippen LogP contribution is 2.29. The minimum absolute atomic E-state index is 0.554. The van der Waals surface area contributed by atoms with E-state index in [0.29, 0.717) is 11.9 Å². The summed E-state index contributed by atoms with van der Waals surface area (Å²) in [6, 6.07) is 6.33. The number of nitrogens with one attached hydrogen (secondary N) is 2. The zero-order chi connectivity index (χ0) is 11.4. The topological polar surface area (TPSA) is 63.0 Å². The first-order valence-electron chi connectivity index (χ1n) is 5.55. The van der Waals surface area contributed by atoms with Crippen molar-refractivity contribution in [3.8, 4) is 0 Å². The molecule has 2 rings (SSSR count). The van der Waals surface area contributed by atoms with Gasteiger partial charge in [0.2, 0.25) is 0 Å². The molecule has 0 aliphatic heterocycles. The van der Waals surface area contributed by atoms with E-state index in [1.165, 1.54) is 19.3 Å². The van der Waals surface area contributed by atoms with Crippen LogP contribution in [-0.4, -0.2) is 22.5 Å². The fraction of sp³-hybridized carbons (Fsp3) is 0.545. The average Bonchev–Trinajstić information content (AvgIpc) is 2.77. The summed E-state index contributed by atoms with van der Waals surface area (Å²) in [5.41, 5.74) is 2.56. The Kier molecular flexibility index (Phi) is 3.90. The first-order valence-corrected chi connectivity index (χ1v) is 6.83. The van der Waals surface area contributed by atoms with Crippen molar-refractivity contribution in [2.75, 3.05) is 17.0 Å². The second-order valence-electron chi connectivity index (χ2n) is 4.06. The van der Waals surface area contributed by atoms with Crippen molar-refractivity contribution in [3.63, 3.8) is 0 Å². The van der Waals surface area contributed by atoms with Gasteiger partial charge in [-0.05, 0) is 37.7 Å². The number of thioether (sulfide) groups is 1. The molecule has 5 heteroatoms. The largest absolute Gasteiger partial charge is 0.367 e. The van der Waals surface area contributed by atoms with Gasteiger partial charge in [-0.2, -0.15) is 11.8 Å². The Morgan fingerprint density at radius 2 is 2.19 bits per heavy atom. The van der Waals surface area contributed by atoms with E-state index in [1.807, 2.05) is 30.0 Å². The van der Waals surface area contributed by atoms with E-state index in [-0.39, 0.29) is 0 Å². The Balaban J connectivity index is 1.94. The monoisotopic (exact) mass is 238 g/mol. The van der Waals surface area contributed by atoms with E-state index in [2.05, 4.69) is 22.0 Å². The Hall–Kier alpha value is -0.940. The standard InChI is InChI=1S/C11H18N4S/c1-16-9-6-5-8(7-9)13-10-3-2-4-11(14-10)15-12/h2-4,8-9H,5-7,12H2,1H3,(H2,13,14,15). The van der Waals surface area contributed by atoms with Gasteiger partial charge in [0.15, 0.2) is 0 Å². The summed E-state index contributed by atoms with van der Waals surface area (Å²) in [6.07, 6.45) is 5.94. The number of hydrogen-bond acceptors (Lipinski definition) is 5. The summed E-state index contributed by atoms with van der Waals surface area (Å²) in [6.45, 7) is 0. The summed E-state index contributed by atoms with van der Waals surface area (Å²) >= 11 is 1.96. The lowest BCUT2D eigenvalue weighted by Gasteiger charge is -2.13. The van der Waals surface area contributed by atoms with Gasteiger partial charge in [-0.15, -0.1) is 0 Å². The summed E-state index contributed by atoms with van der Waals surface area (Å²) in [5, 5.41) is 4.26. The second-order valence-corrected chi connectivity index (χ2v) is 5.20. The van der Waals surface area contributed by atoms with Crippen LogP contribution in [0.2, 0.25) is 0 Å². The lowest BCUT2D eigenvalue weighted by Crippen LogP contribution is -2.17. The third-order valence-electron chi connectivity index (χ3n) is 2.97. The fourth-order valence-corrected chi connectivity index (χ4v) is 2.89. The maximum absolute atomic E-state index is 5.33. The van der Waals surface area contributed by atoms with Crippen molar-refractivity contribution in [2.24, 2.45) is 5.84 Å². The van der Waals surface area contributed by atoms with Crippen LogP contribution in [0.5, 0.6) is 0 Å². The van der Waals surface area contributed by atoms with Gasteiger partial charge in [0.05, 0.1) is 0 Å². The van der Waals surface area contributed by atoms with E-state index >= 15 is 0 Å². The van der Waals surface area contributed by atoms with Gasteiger partial charge < -0.3 is 10.7 Å². The Morgan fingerprint density at radius 1 is 1.38 bits per heavy atom. The van der Waals surface area contributed by atoms with Crippen molar-refractivity contribution in [1.82, 2.24) is 4.98 Å². The molecule has 0 saturated heterocycles. The van der Waals surface area contributed by atoms with Crippen LogP contribution in [0.1, 0.15) is 19.3 Å². The Morgan fingerprint density at radius 3 is 2.88 bits per heavy atom. The van der Waals surface area contributed by atoms with Crippen LogP contribution in [0.15, 0.2) is 18.2 Å². The number of anilines is 2. The fourth-order valence-electron chi connectivity index (χ4n) is 2.09. The van der Waals surface area contributed by atoms with Crippen LogP contribution < -0.4 is 16.6 Å². The molecule has 0 aromatic carbocycles. The van der Waals surface area contributed by atoms with E-state index in [4.69, 9.17) is 5.84 Å². The number of nitrogens with zero attached hydrogens (tertiary/aromatic N) is 1. The van der Waals surface area contributed by atoms with Gasteiger partial charge in [-0.25, -0.2) is 10.8 Å². The molecule has 1 saturated carbocycles. The van der Waals surface area contributed by atoms with Crippen LogP contribution >= 0.6 is 11.8 Å². The molecule has 0 bridgehead atoms. The van der Waals surface area contributed by atoms with Crippen LogP contribution in [-0.2, 0) is 0 Å². The highest BCUT2D eigenvalue weighted by atomic mass is 32.2. The van der Waals surface area contributed by atoms with Crippen LogP contribution in [0, 0.1) is 0 Å². The molecular weight excluding hydrogens is 220 g/mol. The quantitative estimate of drug-likeness (QED) is 0.553. The maximum atomic E-state index is 5.33. The molecule has 1 heterocycles. The highest BCUT2D eigenvalue weighted by Gasteiger charge is 2.23. The van der Waals surface area contributed by atoms with Crippen molar-refractivity contribution >= 4 is 23.4 Å². The van der Waals surface area contributed by atoms with Crippen LogP contribution in [0.25, 0.3) is 0 Å². The molecule has 1 aromatic heterocycles. The van der Waals surface area contributed by atoms with E-state index in [1.54, 1.807) is 0 Å². The smallest absolute Gasteiger partial charge is 0.142 e. The molecule has 1 aliphatic carbocycles. The van der Waals surface area contributed by atoms with Crippen LogP contribution in [0.3, 0.4) is 0 Å². The van der Waals surface area contributed by atoms with Crippen LogP contribution in [0.4, 0.5) is 11.6 Å². The molecule has 16 heavy (non-hydrogen) atoms. The van der Waals surface area contributed by atoms with Crippen molar-refractivity contribution in [2.45, 2.75) is 30.6 Å². The number of rotatable bonds is 4. The number of nitrogens with two attached hydrogens (primary N) is 1. The van der Waals surface area contributed by atoms with Gasteiger partial charge in [0.25, 0.3) is 0 Å². The zero-order valence-corrected chi connectivity index (χ0v) is 10.3. The first kappa shape index (κ1) is 11.5. The predicted molar refractivity (Wildman–Crippen MR) is 70.6 cm³/mol. The molecule has 0 radical (unpaired) electrons. The predicted octanol–water partition coefficient (Wildman–Crippen LogP) is 2.06. The number of pyridine rings is 1. The maximum Gasteiger partial charge on any atom is 0.142 e. The normalized spacial score (nSPS) is 24.4. The van der Waals surface area contributed by atoms with Gasteiger partial charge in [-0.1, -0.05) is 6.07 Å². The Bertz CT molecular complexity index is 345. The number of aromatic nitrogens is 1. The molecule has 88 valence electrons. The van der Waals surface area contributed by atoms with Gasteiger partial charge in [0.1, 0.15) is 11.6 Å². The molecule has 2 atom stereocenters. The molecule has 0 spiro atoms. The van der Waals surface area contributed by atoms with Gasteiger partial charge in [-0.3, -0.25) is 0 Å². The molecule has 0 amide bonds. The molecular formula is C11H18N4S. The van der Waals surface area contributed by atoms with Crippen molar-refractivity contribution in [1.29, 1.82) is 0 Å². The van der Waals surface area contributed by atoms with E-state index in [9.17, 15) is 0 Å². The summed E-state index contributed by atoms with van der Waals surface area (Å²) in [5.74, 6) is 6.93. The second kappa shape index (κ2) is 5.41. The molecule has 4 nitrogen and oxygen atoms in total. The van der Waals surface area contributed by atoms with Gasteiger partial charge in [0, 0.05) is 11.3 Å². The minimum Gasteiger partial charge on any atom is -0.367 e.